The molecule has 0 spiro atoms. The number of likely N-dealkylation sites (tertiary alicyclic amines) is 1. The summed E-state index contributed by atoms with van der Waals surface area (Å²) in [6.07, 6.45) is 1.36. The summed E-state index contributed by atoms with van der Waals surface area (Å²) < 4.78 is 0. The van der Waals surface area contributed by atoms with E-state index in [1.165, 1.54) is 32.6 Å². The van der Waals surface area contributed by atoms with Crippen molar-refractivity contribution in [2.24, 2.45) is 23.5 Å². The summed E-state index contributed by atoms with van der Waals surface area (Å²) in [6.45, 7) is 13.6. The number of hydrogen-bond donors (Lipinski definition) is 2. The van der Waals surface area contributed by atoms with Gasteiger partial charge in [0.15, 0.2) is 0 Å². The molecule has 1 aliphatic heterocycles. The van der Waals surface area contributed by atoms with Gasteiger partial charge in [-0.2, -0.15) is 0 Å². The van der Waals surface area contributed by atoms with Gasteiger partial charge in [0.05, 0.1) is 0 Å². The van der Waals surface area contributed by atoms with Gasteiger partial charge in [-0.3, -0.25) is 0 Å². The van der Waals surface area contributed by atoms with Crippen LogP contribution in [0.3, 0.4) is 0 Å². The lowest BCUT2D eigenvalue weighted by Crippen LogP contribution is -2.35. The van der Waals surface area contributed by atoms with Crippen molar-refractivity contribution < 1.29 is 0 Å². The second-order valence-corrected chi connectivity index (χ2v) is 5.45. The van der Waals surface area contributed by atoms with Gasteiger partial charge < -0.3 is 16.0 Å². The molecular formula is C13H29N3. The first-order chi connectivity index (χ1) is 7.67. The maximum atomic E-state index is 5.76. The standard InChI is InChI=1S/C13H29N3/c1-4-16-6-5-12(10-16)8-15-9-13(7-14)11(2)3/h11-13,15H,4-10,14H2,1-3H3. The van der Waals surface area contributed by atoms with Crippen molar-refractivity contribution in [1.29, 1.82) is 0 Å². The summed E-state index contributed by atoms with van der Waals surface area (Å²) in [5.74, 6) is 2.17. The summed E-state index contributed by atoms with van der Waals surface area (Å²) in [6, 6.07) is 0. The molecule has 0 aromatic heterocycles. The van der Waals surface area contributed by atoms with Crippen molar-refractivity contribution in [2.45, 2.75) is 27.2 Å². The molecule has 1 heterocycles. The summed E-state index contributed by atoms with van der Waals surface area (Å²) in [4.78, 5) is 2.54. The molecule has 2 unspecified atom stereocenters. The summed E-state index contributed by atoms with van der Waals surface area (Å²) in [5, 5.41) is 3.60. The van der Waals surface area contributed by atoms with Crippen molar-refractivity contribution in [3.63, 3.8) is 0 Å². The van der Waals surface area contributed by atoms with Gasteiger partial charge in [-0.15, -0.1) is 0 Å². The fourth-order valence-corrected chi connectivity index (χ4v) is 2.43. The van der Waals surface area contributed by atoms with Crippen molar-refractivity contribution in [3.05, 3.63) is 0 Å². The van der Waals surface area contributed by atoms with E-state index in [0.29, 0.717) is 11.8 Å². The van der Waals surface area contributed by atoms with Crippen molar-refractivity contribution >= 4 is 0 Å². The predicted octanol–water partition coefficient (Wildman–Crippen LogP) is 1.15. The fourth-order valence-electron chi connectivity index (χ4n) is 2.43. The summed E-state index contributed by atoms with van der Waals surface area (Å²) in [7, 11) is 0. The van der Waals surface area contributed by atoms with E-state index in [1.54, 1.807) is 0 Å². The van der Waals surface area contributed by atoms with Gasteiger partial charge in [0.25, 0.3) is 0 Å². The van der Waals surface area contributed by atoms with Crippen LogP contribution in [0.2, 0.25) is 0 Å². The molecule has 1 rings (SSSR count). The van der Waals surface area contributed by atoms with Gasteiger partial charge in [-0.25, -0.2) is 0 Å². The normalized spacial score (nSPS) is 24.2. The molecule has 3 heteroatoms. The zero-order valence-electron chi connectivity index (χ0n) is 11.2. The van der Waals surface area contributed by atoms with E-state index in [9.17, 15) is 0 Å². The van der Waals surface area contributed by atoms with Crippen LogP contribution in [0, 0.1) is 17.8 Å². The van der Waals surface area contributed by atoms with E-state index in [4.69, 9.17) is 5.73 Å². The molecule has 96 valence electrons. The lowest BCUT2D eigenvalue weighted by Gasteiger charge is -2.20. The zero-order valence-corrected chi connectivity index (χ0v) is 11.2. The van der Waals surface area contributed by atoms with Crippen LogP contribution in [0.4, 0.5) is 0 Å². The second-order valence-electron chi connectivity index (χ2n) is 5.45. The topological polar surface area (TPSA) is 41.3 Å². The van der Waals surface area contributed by atoms with Crippen molar-refractivity contribution in [3.8, 4) is 0 Å². The first kappa shape index (κ1) is 13.9. The summed E-state index contributed by atoms with van der Waals surface area (Å²) >= 11 is 0. The molecule has 0 amide bonds. The highest BCUT2D eigenvalue weighted by atomic mass is 15.1. The molecular weight excluding hydrogens is 198 g/mol. The van der Waals surface area contributed by atoms with Crippen molar-refractivity contribution in [1.82, 2.24) is 10.2 Å². The molecule has 0 radical (unpaired) electrons. The monoisotopic (exact) mass is 227 g/mol. The number of nitrogens with two attached hydrogens (primary N) is 1. The van der Waals surface area contributed by atoms with E-state index >= 15 is 0 Å². The van der Waals surface area contributed by atoms with E-state index in [0.717, 1.165) is 19.0 Å². The molecule has 3 nitrogen and oxygen atoms in total. The molecule has 0 saturated carbocycles. The first-order valence-electron chi connectivity index (χ1n) is 6.80. The molecule has 0 aliphatic carbocycles. The molecule has 0 aromatic carbocycles. The van der Waals surface area contributed by atoms with Crippen molar-refractivity contribution in [2.75, 3.05) is 39.3 Å². The van der Waals surface area contributed by atoms with E-state index in [-0.39, 0.29) is 0 Å². The molecule has 2 atom stereocenters. The predicted molar refractivity (Wildman–Crippen MR) is 70.5 cm³/mol. The minimum Gasteiger partial charge on any atom is -0.330 e. The van der Waals surface area contributed by atoms with Gasteiger partial charge in [0, 0.05) is 6.54 Å². The Labute approximate surface area is 101 Å². The second kappa shape index (κ2) is 7.25. The highest BCUT2D eigenvalue weighted by Gasteiger charge is 2.21. The Bertz CT molecular complexity index is 182. The minimum absolute atomic E-state index is 0.628. The Morgan fingerprint density at radius 2 is 2.19 bits per heavy atom. The summed E-state index contributed by atoms with van der Waals surface area (Å²) in [5.41, 5.74) is 5.76. The van der Waals surface area contributed by atoms with E-state index in [1.807, 2.05) is 0 Å². The third-order valence-corrected chi connectivity index (χ3v) is 3.90. The van der Waals surface area contributed by atoms with Gasteiger partial charge in [0.1, 0.15) is 0 Å². The molecule has 3 N–H and O–H groups in total. The van der Waals surface area contributed by atoms with Gasteiger partial charge in [0.2, 0.25) is 0 Å². The Kier molecular flexibility index (Phi) is 6.32. The van der Waals surface area contributed by atoms with Crippen LogP contribution in [-0.4, -0.2) is 44.2 Å². The lowest BCUT2D eigenvalue weighted by molar-refractivity contribution is 0.327. The molecule has 16 heavy (non-hydrogen) atoms. The average Bonchev–Trinajstić information content (AvgIpc) is 2.71. The fraction of sp³-hybridized carbons (Fsp3) is 1.00. The van der Waals surface area contributed by atoms with Gasteiger partial charge in [-0.05, 0) is 56.9 Å². The van der Waals surface area contributed by atoms with Gasteiger partial charge >= 0.3 is 0 Å². The zero-order chi connectivity index (χ0) is 12.0. The Balaban J connectivity index is 2.11. The number of rotatable bonds is 7. The minimum atomic E-state index is 0.628. The quantitative estimate of drug-likeness (QED) is 0.685. The van der Waals surface area contributed by atoms with Crippen LogP contribution in [0.1, 0.15) is 27.2 Å². The maximum absolute atomic E-state index is 5.76. The molecule has 1 saturated heterocycles. The van der Waals surface area contributed by atoms with Crippen LogP contribution < -0.4 is 11.1 Å². The first-order valence-corrected chi connectivity index (χ1v) is 6.80. The number of nitrogens with zero attached hydrogens (tertiary/aromatic N) is 1. The molecule has 1 aliphatic rings. The van der Waals surface area contributed by atoms with Crippen LogP contribution in [-0.2, 0) is 0 Å². The van der Waals surface area contributed by atoms with Crippen LogP contribution in [0.5, 0.6) is 0 Å². The highest BCUT2D eigenvalue weighted by Crippen LogP contribution is 2.15. The smallest absolute Gasteiger partial charge is 0.00222 e. The van der Waals surface area contributed by atoms with Gasteiger partial charge in [-0.1, -0.05) is 20.8 Å². The van der Waals surface area contributed by atoms with Crippen LogP contribution in [0.25, 0.3) is 0 Å². The largest absolute Gasteiger partial charge is 0.330 e. The Morgan fingerprint density at radius 3 is 2.69 bits per heavy atom. The average molecular weight is 227 g/mol. The highest BCUT2D eigenvalue weighted by molar-refractivity contribution is 4.77. The van der Waals surface area contributed by atoms with E-state index in [2.05, 4.69) is 31.0 Å². The molecule has 0 aromatic rings. The van der Waals surface area contributed by atoms with Crippen LogP contribution >= 0.6 is 0 Å². The van der Waals surface area contributed by atoms with E-state index < -0.39 is 0 Å². The third kappa shape index (κ3) is 4.40. The molecule has 0 bridgehead atoms. The number of hydrogen-bond acceptors (Lipinski definition) is 3. The third-order valence-electron chi connectivity index (χ3n) is 3.90. The maximum Gasteiger partial charge on any atom is 0.00222 e. The Hall–Kier alpha value is -0.120. The molecule has 1 fully saturated rings. The Morgan fingerprint density at radius 1 is 1.44 bits per heavy atom. The van der Waals surface area contributed by atoms with Crippen LogP contribution in [0.15, 0.2) is 0 Å². The lowest BCUT2D eigenvalue weighted by atomic mass is 9.96. The SMILES string of the molecule is CCN1CCC(CNCC(CN)C(C)C)C1. The number of nitrogens with one attached hydrogen (secondary N) is 1.